The monoisotopic (exact) mass is 297 g/mol. The van der Waals surface area contributed by atoms with Crippen LogP contribution in [0.2, 0.25) is 0 Å². The molecule has 2 atom stereocenters. The maximum atomic E-state index is 11.5. The molecular weight excluding hydrogens is 274 g/mol. The van der Waals surface area contributed by atoms with Crippen LogP contribution in [0.4, 0.5) is 5.13 Å². The van der Waals surface area contributed by atoms with E-state index in [1.54, 1.807) is 11.8 Å². The predicted octanol–water partition coefficient (Wildman–Crippen LogP) is 1.77. The van der Waals surface area contributed by atoms with Gasteiger partial charge in [0, 0.05) is 31.9 Å². The number of carbonyl (C=O) groups is 1. The van der Waals surface area contributed by atoms with E-state index in [1.165, 1.54) is 11.3 Å². The molecule has 1 saturated carbocycles. The molecule has 0 radical (unpaired) electrons. The molecule has 0 aliphatic heterocycles. The smallest absolute Gasteiger partial charge is 0.225 e. The van der Waals surface area contributed by atoms with E-state index in [-0.39, 0.29) is 12.0 Å². The van der Waals surface area contributed by atoms with Gasteiger partial charge in [0.2, 0.25) is 5.91 Å². The molecule has 1 heterocycles. The Hall–Kier alpha value is -0.980. The van der Waals surface area contributed by atoms with E-state index in [0.29, 0.717) is 19.0 Å². The Morgan fingerprint density at radius 1 is 1.60 bits per heavy atom. The van der Waals surface area contributed by atoms with E-state index in [1.807, 2.05) is 12.3 Å². The van der Waals surface area contributed by atoms with Gasteiger partial charge in [-0.3, -0.25) is 9.69 Å². The Balaban J connectivity index is 1.82. The Morgan fingerprint density at radius 2 is 2.40 bits per heavy atom. The number of nitrogens with zero attached hydrogens (tertiary/aromatic N) is 2. The zero-order valence-electron chi connectivity index (χ0n) is 12.1. The third-order valence-corrected chi connectivity index (χ3v) is 4.71. The second kappa shape index (κ2) is 7.15. The van der Waals surface area contributed by atoms with Gasteiger partial charge in [-0.1, -0.05) is 6.42 Å². The zero-order chi connectivity index (χ0) is 14.5. The summed E-state index contributed by atoms with van der Waals surface area (Å²) in [6, 6.07) is 0. The minimum Gasteiger partial charge on any atom is -0.393 e. The van der Waals surface area contributed by atoms with Gasteiger partial charge in [0.1, 0.15) is 0 Å². The normalized spacial score (nSPS) is 22.1. The van der Waals surface area contributed by atoms with E-state index < -0.39 is 0 Å². The van der Waals surface area contributed by atoms with E-state index in [4.69, 9.17) is 0 Å². The van der Waals surface area contributed by atoms with E-state index in [9.17, 15) is 9.90 Å². The van der Waals surface area contributed by atoms with Crippen molar-refractivity contribution in [3.8, 4) is 0 Å². The van der Waals surface area contributed by atoms with Crippen LogP contribution in [-0.2, 0) is 11.3 Å². The van der Waals surface area contributed by atoms with Crippen molar-refractivity contribution in [2.24, 2.45) is 5.92 Å². The molecule has 1 aliphatic rings. The summed E-state index contributed by atoms with van der Waals surface area (Å²) in [7, 11) is 0. The quantitative estimate of drug-likeness (QED) is 0.840. The standard InChI is InChI=1S/C14H23N3O2S/c1-3-17(10(2)18)14-16-12(9-20-14)8-15-7-11-5-4-6-13(11)19/h9,11,13,15,19H,3-8H2,1-2H3. The van der Waals surface area contributed by atoms with Crippen molar-refractivity contribution in [2.45, 2.75) is 45.8 Å². The predicted molar refractivity (Wildman–Crippen MR) is 80.9 cm³/mol. The first-order valence-electron chi connectivity index (χ1n) is 7.23. The van der Waals surface area contributed by atoms with Crippen molar-refractivity contribution >= 4 is 22.4 Å². The van der Waals surface area contributed by atoms with E-state index in [0.717, 1.165) is 36.6 Å². The highest BCUT2D eigenvalue weighted by Crippen LogP contribution is 2.25. The number of thiazole rings is 1. The van der Waals surface area contributed by atoms with Crippen LogP contribution in [0.1, 0.15) is 38.8 Å². The Labute approximate surface area is 124 Å². The molecule has 1 aliphatic carbocycles. The molecule has 0 bridgehead atoms. The molecule has 2 rings (SSSR count). The molecule has 1 aromatic rings. The van der Waals surface area contributed by atoms with Crippen molar-refractivity contribution < 1.29 is 9.90 Å². The summed E-state index contributed by atoms with van der Waals surface area (Å²) in [5.41, 5.74) is 0.956. The number of aromatic nitrogens is 1. The fourth-order valence-corrected chi connectivity index (χ4v) is 3.57. The van der Waals surface area contributed by atoms with Crippen LogP contribution in [0.15, 0.2) is 5.38 Å². The van der Waals surface area contributed by atoms with E-state index in [2.05, 4.69) is 10.3 Å². The summed E-state index contributed by atoms with van der Waals surface area (Å²) >= 11 is 1.50. The molecule has 0 saturated heterocycles. The van der Waals surface area contributed by atoms with Gasteiger partial charge in [0.25, 0.3) is 0 Å². The van der Waals surface area contributed by atoms with Crippen LogP contribution in [0.5, 0.6) is 0 Å². The maximum Gasteiger partial charge on any atom is 0.225 e. The number of aliphatic hydroxyl groups is 1. The second-order valence-corrected chi connectivity index (χ2v) is 6.11. The fourth-order valence-electron chi connectivity index (χ4n) is 2.64. The van der Waals surface area contributed by atoms with Gasteiger partial charge in [0.15, 0.2) is 5.13 Å². The molecule has 1 amide bonds. The van der Waals surface area contributed by atoms with Gasteiger partial charge in [-0.15, -0.1) is 11.3 Å². The summed E-state index contributed by atoms with van der Waals surface area (Å²) < 4.78 is 0. The molecule has 0 spiro atoms. The first kappa shape index (κ1) is 15.4. The molecule has 2 N–H and O–H groups in total. The Kier molecular flexibility index (Phi) is 5.51. The number of amides is 1. The SMILES string of the molecule is CCN(C(C)=O)c1nc(CNCC2CCCC2O)cs1. The summed E-state index contributed by atoms with van der Waals surface area (Å²) in [6.45, 7) is 5.67. The molecule has 0 aromatic carbocycles. The number of nitrogens with one attached hydrogen (secondary N) is 1. The van der Waals surface area contributed by atoms with Gasteiger partial charge in [-0.05, 0) is 25.7 Å². The largest absolute Gasteiger partial charge is 0.393 e. The maximum absolute atomic E-state index is 11.5. The van der Waals surface area contributed by atoms with Gasteiger partial charge in [-0.2, -0.15) is 0 Å². The molecule has 5 nitrogen and oxygen atoms in total. The Bertz CT molecular complexity index is 449. The van der Waals surface area contributed by atoms with Crippen molar-refractivity contribution in [3.05, 3.63) is 11.1 Å². The molecule has 1 fully saturated rings. The highest BCUT2D eigenvalue weighted by atomic mass is 32.1. The summed E-state index contributed by atoms with van der Waals surface area (Å²) in [5, 5.41) is 15.9. The molecule has 1 aromatic heterocycles. The number of aliphatic hydroxyl groups excluding tert-OH is 1. The van der Waals surface area contributed by atoms with Crippen LogP contribution >= 0.6 is 11.3 Å². The topological polar surface area (TPSA) is 65.5 Å². The van der Waals surface area contributed by atoms with Crippen LogP contribution in [0.25, 0.3) is 0 Å². The van der Waals surface area contributed by atoms with Gasteiger partial charge < -0.3 is 10.4 Å². The van der Waals surface area contributed by atoms with Crippen LogP contribution in [0, 0.1) is 5.92 Å². The lowest BCUT2D eigenvalue weighted by Gasteiger charge is -2.15. The third kappa shape index (κ3) is 3.77. The molecule has 2 unspecified atom stereocenters. The fraction of sp³-hybridized carbons (Fsp3) is 0.714. The van der Waals surface area contributed by atoms with Crippen LogP contribution < -0.4 is 10.2 Å². The van der Waals surface area contributed by atoms with Crippen molar-refractivity contribution in [2.75, 3.05) is 18.0 Å². The van der Waals surface area contributed by atoms with Gasteiger partial charge in [0.05, 0.1) is 11.8 Å². The van der Waals surface area contributed by atoms with Crippen molar-refractivity contribution in [3.63, 3.8) is 0 Å². The Morgan fingerprint density at radius 3 is 3.00 bits per heavy atom. The summed E-state index contributed by atoms with van der Waals surface area (Å²) in [4.78, 5) is 17.6. The van der Waals surface area contributed by atoms with E-state index >= 15 is 0 Å². The first-order chi connectivity index (χ1) is 9.61. The number of hydrogen-bond donors (Lipinski definition) is 2. The highest BCUT2D eigenvalue weighted by molar-refractivity contribution is 7.14. The average molecular weight is 297 g/mol. The number of hydrogen-bond acceptors (Lipinski definition) is 5. The number of anilines is 1. The average Bonchev–Trinajstić information content (AvgIpc) is 3.01. The second-order valence-electron chi connectivity index (χ2n) is 5.27. The number of carbonyl (C=O) groups excluding carboxylic acids is 1. The summed E-state index contributed by atoms with van der Waals surface area (Å²) in [6.07, 6.45) is 3.00. The molecular formula is C14H23N3O2S. The lowest BCUT2D eigenvalue weighted by molar-refractivity contribution is -0.116. The lowest BCUT2D eigenvalue weighted by atomic mass is 10.1. The minimum absolute atomic E-state index is 0.0236. The lowest BCUT2D eigenvalue weighted by Crippen LogP contribution is -2.28. The zero-order valence-corrected chi connectivity index (χ0v) is 12.9. The minimum atomic E-state index is -0.151. The van der Waals surface area contributed by atoms with Crippen molar-refractivity contribution in [1.29, 1.82) is 0 Å². The first-order valence-corrected chi connectivity index (χ1v) is 8.11. The molecule has 112 valence electrons. The molecule has 6 heteroatoms. The third-order valence-electron chi connectivity index (χ3n) is 3.80. The summed E-state index contributed by atoms with van der Waals surface area (Å²) in [5.74, 6) is 0.396. The van der Waals surface area contributed by atoms with Crippen LogP contribution in [0.3, 0.4) is 0 Å². The van der Waals surface area contributed by atoms with Gasteiger partial charge in [-0.25, -0.2) is 4.98 Å². The number of rotatable bonds is 6. The van der Waals surface area contributed by atoms with Gasteiger partial charge >= 0.3 is 0 Å². The van der Waals surface area contributed by atoms with Crippen LogP contribution in [-0.4, -0.2) is 35.2 Å². The van der Waals surface area contributed by atoms with Crippen molar-refractivity contribution in [1.82, 2.24) is 10.3 Å². The highest BCUT2D eigenvalue weighted by Gasteiger charge is 2.24. The molecule has 20 heavy (non-hydrogen) atoms.